The largest absolute Gasteiger partial charge is 1.00 e. The van der Waals surface area contributed by atoms with Crippen molar-refractivity contribution in [2.75, 3.05) is 0 Å². The van der Waals surface area contributed by atoms with Gasteiger partial charge in [0, 0.05) is 0 Å². The molecule has 0 radical (unpaired) electrons. The van der Waals surface area contributed by atoms with Crippen LogP contribution in [0.1, 0.15) is 55.4 Å². The van der Waals surface area contributed by atoms with E-state index in [4.69, 9.17) is 0 Å². The molecule has 1 saturated heterocycles. The maximum atomic E-state index is 2.68. The summed E-state index contributed by atoms with van der Waals surface area (Å²) in [6.45, 7) is 25.0. The van der Waals surface area contributed by atoms with Crippen LogP contribution in [0.5, 0.6) is 0 Å². The number of hydrogen-bond donors (Lipinski definition) is 0. The van der Waals surface area contributed by atoms with Crippen LogP contribution in [0, 0.1) is 0 Å². The van der Waals surface area contributed by atoms with Gasteiger partial charge in [-0.2, -0.15) is 0 Å². The first-order valence-corrected chi connectivity index (χ1v) is 14.0. The second-order valence-corrected chi connectivity index (χ2v) is 16.8. The molecule has 3 rings (SSSR count). The molecule has 0 nitrogen and oxygen atoms in total. The zero-order chi connectivity index (χ0) is 16.8. The summed E-state index contributed by atoms with van der Waals surface area (Å²) in [6.07, 6.45) is 0. The molecular formula is C20H30Cl2SiZr. The van der Waals surface area contributed by atoms with Gasteiger partial charge in [0.05, 0.1) is 0 Å². The molecule has 132 valence electrons. The Morgan fingerprint density at radius 2 is 0.917 bits per heavy atom. The van der Waals surface area contributed by atoms with Crippen LogP contribution < -0.4 is 24.8 Å². The summed E-state index contributed by atoms with van der Waals surface area (Å²) in [5.41, 5.74) is 9.95. The number of fused-ring (bicyclic) bond motifs is 2. The molecule has 0 amide bonds. The molecule has 3 aliphatic rings. The Balaban J connectivity index is 0.00000144. The van der Waals surface area contributed by atoms with Gasteiger partial charge in [0.15, 0.2) is 0 Å². The van der Waals surface area contributed by atoms with Crippen LogP contribution in [-0.2, 0) is 23.2 Å². The number of rotatable bonds is 0. The second kappa shape index (κ2) is 6.36. The van der Waals surface area contributed by atoms with Crippen LogP contribution in [0.2, 0.25) is 23.2 Å². The maximum absolute atomic E-state index is 2.68. The van der Waals surface area contributed by atoms with Crippen molar-refractivity contribution in [3.05, 3.63) is 40.0 Å². The summed E-state index contributed by atoms with van der Waals surface area (Å²) in [6, 6.07) is 0. The van der Waals surface area contributed by atoms with Gasteiger partial charge in [0.25, 0.3) is 0 Å². The molecule has 0 bridgehead atoms. The fourth-order valence-electron chi connectivity index (χ4n) is 5.44. The molecule has 0 saturated carbocycles. The molecule has 2 atom stereocenters. The first-order chi connectivity index (χ1) is 9.94. The molecule has 24 heavy (non-hydrogen) atoms. The van der Waals surface area contributed by atoms with Gasteiger partial charge < -0.3 is 24.8 Å². The molecule has 2 aliphatic carbocycles. The van der Waals surface area contributed by atoms with E-state index in [9.17, 15) is 0 Å². The monoisotopic (exact) mass is 458 g/mol. The van der Waals surface area contributed by atoms with Gasteiger partial charge in [-0.3, -0.25) is 0 Å². The third-order valence-electron chi connectivity index (χ3n) is 8.25. The summed E-state index contributed by atoms with van der Waals surface area (Å²) in [4.78, 5) is 0. The molecule has 1 fully saturated rings. The number of allylic oxidation sites excluding steroid dienone is 8. The third kappa shape index (κ3) is 2.12. The molecule has 4 heteroatoms. The first kappa shape index (κ1) is 22.7. The van der Waals surface area contributed by atoms with E-state index in [-0.39, 0.29) is 24.8 Å². The fraction of sp³-hybridized carbons (Fsp3) is 0.600. The van der Waals surface area contributed by atoms with Gasteiger partial charge in [-0.15, -0.1) is 0 Å². The van der Waals surface area contributed by atoms with Gasteiger partial charge >= 0.3 is 150 Å². The standard InChI is InChI=1S/C20H30Si.2ClH.Zr/c1-13-11-19(7,17(5)15(13)3)21(9,10)20(8)12-14(2)16(4)18(20)6;;;/h1-10H3;2*1H;/q;;;+2/p-2. The Morgan fingerprint density at radius 1 is 0.625 bits per heavy atom. The Morgan fingerprint density at radius 3 is 1.21 bits per heavy atom. The average Bonchev–Trinajstić information content (AvgIpc) is 2.73. The summed E-state index contributed by atoms with van der Waals surface area (Å²) >= 11 is -0.669. The normalized spacial score (nSPS) is 33.6. The van der Waals surface area contributed by atoms with E-state index in [0.29, 0.717) is 10.1 Å². The minimum atomic E-state index is -1.58. The van der Waals surface area contributed by atoms with Crippen LogP contribution in [-0.4, -0.2) is 8.07 Å². The molecule has 1 heterocycles. The average molecular weight is 461 g/mol. The summed E-state index contributed by atoms with van der Waals surface area (Å²) in [7, 11) is -1.58. The van der Waals surface area contributed by atoms with Crippen molar-refractivity contribution in [3.8, 4) is 0 Å². The Labute approximate surface area is 173 Å². The SMILES string of the molecule is CC1=C(C)C2(C)[C](=C1C)[Zr+2][C]1=C(C)C(C)=C(C)C1(C)[Si]2(C)C.[Cl-].[Cl-]. The quantitative estimate of drug-likeness (QED) is 0.464. The maximum Gasteiger partial charge on any atom is -1.00 e. The third-order valence-corrected chi connectivity index (χ3v) is 21.3. The molecule has 0 N–H and O–H groups in total. The van der Waals surface area contributed by atoms with Gasteiger partial charge in [-0.05, 0) is 0 Å². The summed E-state index contributed by atoms with van der Waals surface area (Å²) in [5.74, 6) is 0. The molecule has 0 spiro atoms. The topological polar surface area (TPSA) is 0 Å². The molecule has 0 aromatic rings. The van der Waals surface area contributed by atoms with E-state index in [1.54, 1.807) is 33.4 Å². The van der Waals surface area contributed by atoms with Crippen LogP contribution in [0.25, 0.3) is 0 Å². The molecule has 0 aromatic carbocycles. The van der Waals surface area contributed by atoms with Crippen molar-refractivity contribution in [1.29, 1.82) is 0 Å². The van der Waals surface area contributed by atoms with E-state index < -0.39 is 31.3 Å². The van der Waals surface area contributed by atoms with Crippen molar-refractivity contribution in [2.24, 2.45) is 0 Å². The van der Waals surface area contributed by atoms with Gasteiger partial charge in [-0.1, -0.05) is 0 Å². The van der Waals surface area contributed by atoms with Crippen molar-refractivity contribution < 1.29 is 48.0 Å². The second-order valence-electron chi connectivity index (χ2n) is 8.50. The predicted octanol–water partition coefficient (Wildman–Crippen LogP) is 0.568. The Hall–Kier alpha value is 0.640. The van der Waals surface area contributed by atoms with Gasteiger partial charge in [0.2, 0.25) is 0 Å². The van der Waals surface area contributed by atoms with Crippen molar-refractivity contribution in [2.45, 2.75) is 78.6 Å². The van der Waals surface area contributed by atoms with Crippen molar-refractivity contribution in [3.63, 3.8) is 0 Å². The summed E-state index contributed by atoms with van der Waals surface area (Å²) < 4.78 is 3.83. The van der Waals surface area contributed by atoms with Gasteiger partial charge in [-0.25, -0.2) is 0 Å². The van der Waals surface area contributed by atoms with E-state index in [1.807, 2.05) is 6.56 Å². The summed E-state index contributed by atoms with van der Waals surface area (Å²) in [5, 5.41) is 0.801. The zero-order valence-electron chi connectivity index (χ0n) is 16.8. The molecular weight excluding hydrogens is 430 g/mol. The molecule has 0 aromatic heterocycles. The van der Waals surface area contributed by atoms with Gasteiger partial charge in [0.1, 0.15) is 0 Å². The van der Waals surface area contributed by atoms with Crippen LogP contribution >= 0.6 is 0 Å². The van der Waals surface area contributed by atoms with E-state index >= 15 is 0 Å². The van der Waals surface area contributed by atoms with Crippen LogP contribution in [0.3, 0.4) is 0 Å². The Bertz CT molecular complexity index is 679. The zero-order valence-corrected chi connectivity index (χ0v) is 21.7. The van der Waals surface area contributed by atoms with E-state index in [2.05, 4.69) is 68.5 Å². The minimum Gasteiger partial charge on any atom is -1.00 e. The number of halogens is 2. The van der Waals surface area contributed by atoms with Crippen molar-refractivity contribution >= 4 is 8.07 Å². The van der Waals surface area contributed by atoms with E-state index in [1.165, 1.54) is 0 Å². The minimum absolute atomic E-state index is 0. The predicted molar refractivity (Wildman–Crippen MR) is 96.4 cm³/mol. The Kier molecular flexibility index (Phi) is 6.01. The molecule has 1 aliphatic heterocycles. The smallest absolute Gasteiger partial charge is 1.00 e. The first-order valence-electron chi connectivity index (χ1n) is 8.50. The van der Waals surface area contributed by atoms with Crippen LogP contribution in [0.15, 0.2) is 40.0 Å². The fourth-order valence-corrected chi connectivity index (χ4v) is 20.3. The molecule has 2 unspecified atom stereocenters. The van der Waals surface area contributed by atoms with Crippen LogP contribution in [0.4, 0.5) is 0 Å². The van der Waals surface area contributed by atoms with Crippen molar-refractivity contribution in [1.82, 2.24) is 0 Å². The number of hydrogen-bond acceptors (Lipinski definition) is 0. The van der Waals surface area contributed by atoms with E-state index in [0.717, 1.165) is 0 Å².